The van der Waals surface area contributed by atoms with E-state index in [0.29, 0.717) is 0 Å². The van der Waals surface area contributed by atoms with Crippen LogP contribution in [-0.2, 0) is 6.54 Å². The summed E-state index contributed by atoms with van der Waals surface area (Å²) in [5.41, 5.74) is 1.07. The highest BCUT2D eigenvalue weighted by Gasteiger charge is 2.16. The highest BCUT2D eigenvalue weighted by Crippen LogP contribution is 2.26. The second-order valence-corrected chi connectivity index (χ2v) is 3.71. The summed E-state index contributed by atoms with van der Waals surface area (Å²) in [4.78, 5) is 0. The lowest BCUT2D eigenvalue weighted by Crippen LogP contribution is -2.14. The first kappa shape index (κ1) is 7.39. The third-order valence-electron chi connectivity index (χ3n) is 1.76. The van der Waals surface area contributed by atoms with Crippen LogP contribution in [0.1, 0.15) is 12.1 Å². The van der Waals surface area contributed by atoms with E-state index in [2.05, 4.69) is 27.7 Å². The van der Waals surface area contributed by atoms with Gasteiger partial charge in [-0.2, -0.15) is 5.10 Å². The van der Waals surface area contributed by atoms with Gasteiger partial charge >= 0.3 is 0 Å². The summed E-state index contributed by atoms with van der Waals surface area (Å²) < 4.78 is 8.57. The van der Waals surface area contributed by atoms with Crippen molar-refractivity contribution < 1.29 is 4.74 Å². The number of hydrogen-bond donors (Lipinski definition) is 0. The maximum Gasteiger partial charge on any atom is 0.225 e. The Morgan fingerprint density at radius 2 is 2.45 bits per heavy atom. The molecule has 1 aliphatic rings. The Morgan fingerprint density at radius 3 is 3.18 bits per heavy atom. The molecule has 4 heteroatoms. The first-order chi connectivity index (χ1) is 5.29. The molecule has 0 saturated heterocycles. The van der Waals surface area contributed by atoms with Crippen LogP contribution in [0.15, 0.2) is 0 Å². The predicted molar refractivity (Wildman–Crippen MR) is 49.8 cm³/mol. The molecule has 11 heavy (non-hydrogen) atoms. The summed E-state index contributed by atoms with van der Waals surface area (Å²) in [6.45, 7) is 3.84. The number of aryl methyl sites for hydroxylation is 2. The van der Waals surface area contributed by atoms with Gasteiger partial charge in [0.1, 0.15) is 0 Å². The van der Waals surface area contributed by atoms with Crippen molar-refractivity contribution in [3.05, 3.63) is 9.26 Å². The number of ether oxygens (including phenoxy) is 1. The van der Waals surface area contributed by atoms with Crippen molar-refractivity contribution in [3.63, 3.8) is 0 Å². The molecule has 0 radical (unpaired) electrons. The van der Waals surface area contributed by atoms with Crippen molar-refractivity contribution in [2.24, 2.45) is 0 Å². The summed E-state index contributed by atoms with van der Waals surface area (Å²) in [6, 6.07) is 0. The zero-order valence-corrected chi connectivity index (χ0v) is 8.46. The molecule has 0 aliphatic carbocycles. The van der Waals surface area contributed by atoms with Crippen LogP contribution in [-0.4, -0.2) is 16.4 Å². The topological polar surface area (TPSA) is 27.1 Å². The van der Waals surface area contributed by atoms with Crippen molar-refractivity contribution >= 4 is 22.6 Å². The Balaban J connectivity index is 2.50. The number of nitrogens with zero attached hydrogens (tertiary/aromatic N) is 2. The normalized spacial score (nSPS) is 15.8. The van der Waals surface area contributed by atoms with Crippen LogP contribution in [0.3, 0.4) is 0 Å². The smallest absolute Gasteiger partial charge is 0.225 e. The van der Waals surface area contributed by atoms with Crippen molar-refractivity contribution in [1.82, 2.24) is 9.78 Å². The highest BCUT2D eigenvalue weighted by atomic mass is 127. The molecular formula is C7H9IN2O. The molecule has 0 saturated carbocycles. The fraction of sp³-hybridized carbons (Fsp3) is 0.571. The van der Waals surface area contributed by atoms with Gasteiger partial charge in [-0.25, -0.2) is 4.68 Å². The molecule has 2 rings (SSSR count). The molecule has 0 fully saturated rings. The zero-order chi connectivity index (χ0) is 7.84. The van der Waals surface area contributed by atoms with E-state index in [1.165, 1.54) is 0 Å². The minimum Gasteiger partial charge on any atom is -0.477 e. The summed E-state index contributed by atoms with van der Waals surface area (Å²) >= 11 is 2.27. The van der Waals surface area contributed by atoms with Gasteiger partial charge in [0.05, 0.1) is 15.9 Å². The van der Waals surface area contributed by atoms with E-state index >= 15 is 0 Å². The molecule has 1 aromatic rings. The molecule has 60 valence electrons. The first-order valence-electron chi connectivity index (χ1n) is 3.65. The van der Waals surface area contributed by atoms with Gasteiger partial charge in [-0.05, 0) is 29.5 Å². The van der Waals surface area contributed by atoms with E-state index in [1.54, 1.807) is 0 Å². The lowest BCUT2D eigenvalue weighted by molar-refractivity contribution is 0.229. The van der Waals surface area contributed by atoms with Gasteiger partial charge in [0.2, 0.25) is 5.88 Å². The van der Waals surface area contributed by atoms with Gasteiger partial charge in [0.15, 0.2) is 0 Å². The number of halogens is 1. The Hall–Kier alpha value is -0.260. The molecule has 0 bridgehead atoms. The average Bonchev–Trinajstić information content (AvgIpc) is 2.30. The fourth-order valence-electron chi connectivity index (χ4n) is 1.21. The Labute approximate surface area is 78.9 Å². The van der Waals surface area contributed by atoms with Gasteiger partial charge in [-0.3, -0.25) is 0 Å². The van der Waals surface area contributed by atoms with Crippen molar-refractivity contribution in [1.29, 1.82) is 0 Å². The second kappa shape index (κ2) is 2.66. The molecule has 1 aromatic heterocycles. The van der Waals surface area contributed by atoms with E-state index in [4.69, 9.17) is 4.74 Å². The number of aromatic nitrogens is 2. The van der Waals surface area contributed by atoms with Crippen LogP contribution < -0.4 is 4.74 Å². The van der Waals surface area contributed by atoms with Gasteiger partial charge in [0.25, 0.3) is 0 Å². The van der Waals surface area contributed by atoms with Crippen LogP contribution in [0.2, 0.25) is 0 Å². The van der Waals surface area contributed by atoms with E-state index in [0.717, 1.165) is 34.7 Å². The van der Waals surface area contributed by atoms with E-state index < -0.39 is 0 Å². The quantitative estimate of drug-likeness (QED) is 0.665. The maximum absolute atomic E-state index is 5.47. The molecule has 0 unspecified atom stereocenters. The largest absolute Gasteiger partial charge is 0.477 e. The van der Waals surface area contributed by atoms with Crippen molar-refractivity contribution in [3.8, 4) is 5.88 Å². The van der Waals surface area contributed by atoms with Crippen molar-refractivity contribution in [2.75, 3.05) is 6.61 Å². The molecule has 0 N–H and O–H groups in total. The molecule has 0 aromatic carbocycles. The third-order valence-corrected chi connectivity index (χ3v) is 3.01. The summed E-state index contributed by atoms with van der Waals surface area (Å²) in [5, 5.41) is 4.33. The lowest BCUT2D eigenvalue weighted by atomic mass is 10.4. The van der Waals surface area contributed by atoms with Crippen molar-refractivity contribution in [2.45, 2.75) is 19.9 Å². The Bertz CT molecular complexity index is 282. The lowest BCUT2D eigenvalue weighted by Gasteiger charge is -2.14. The molecule has 0 spiro atoms. The van der Waals surface area contributed by atoms with Crippen LogP contribution in [0.4, 0.5) is 0 Å². The van der Waals surface area contributed by atoms with E-state index in [9.17, 15) is 0 Å². The summed E-state index contributed by atoms with van der Waals surface area (Å²) in [7, 11) is 0. The predicted octanol–water partition coefficient (Wildman–Crippen LogP) is 1.58. The van der Waals surface area contributed by atoms with E-state index in [1.807, 2.05) is 11.6 Å². The SMILES string of the molecule is Cc1nn2c(c1I)OCCC2. The minimum atomic E-state index is 0.834. The zero-order valence-electron chi connectivity index (χ0n) is 6.30. The summed E-state index contributed by atoms with van der Waals surface area (Å²) in [6.07, 6.45) is 1.07. The van der Waals surface area contributed by atoms with Crippen LogP contribution in [0.25, 0.3) is 0 Å². The molecule has 1 aliphatic heterocycles. The van der Waals surface area contributed by atoms with E-state index in [-0.39, 0.29) is 0 Å². The average molecular weight is 264 g/mol. The van der Waals surface area contributed by atoms with Crippen LogP contribution >= 0.6 is 22.6 Å². The van der Waals surface area contributed by atoms with Gasteiger partial charge in [-0.1, -0.05) is 0 Å². The monoisotopic (exact) mass is 264 g/mol. The number of fused-ring (bicyclic) bond motifs is 1. The van der Waals surface area contributed by atoms with Gasteiger partial charge in [0, 0.05) is 13.0 Å². The fourth-order valence-corrected chi connectivity index (χ4v) is 1.75. The number of rotatable bonds is 0. The third kappa shape index (κ3) is 1.13. The standard InChI is InChI=1S/C7H9IN2O/c1-5-6(8)7-10(9-5)3-2-4-11-7/h2-4H2,1H3. The second-order valence-electron chi connectivity index (χ2n) is 2.63. The number of hydrogen-bond acceptors (Lipinski definition) is 2. The molecule has 3 nitrogen and oxygen atoms in total. The minimum absolute atomic E-state index is 0.834. The van der Waals surface area contributed by atoms with Crippen LogP contribution in [0.5, 0.6) is 5.88 Å². The molecule has 0 atom stereocenters. The Kier molecular flexibility index (Phi) is 1.78. The molecule has 0 amide bonds. The van der Waals surface area contributed by atoms with Gasteiger partial charge in [-0.15, -0.1) is 0 Å². The Morgan fingerprint density at radius 1 is 1.64 bits per heavy atom. The maximum atomic E-state index is 5.47. The van der Waals surface area contributed by atoms with Gasteiger partial charge < -0.3 is 4.74 Å². The van der Waals surface area contributed by atoms with Crippen LogP contribution in [0, 0.1) is 10.5 Å². The first-order valence-corrected chi connectivity index (χ1v) is 4.72. The molecular weight excluding hydrogens is 255 g/mol. The highest BCUT2D eigenvalue weighted by molar-refractivity contribution is 14.1. The molecule has 2 heterocycles. The summed E-state index contributed by atoms with van der Waals surface area (Å²) in [5.74, 6) is 0.953.